The Morgan fingerprint density at radius 2 is 0.766 bits per heavy atom. The first kappa shape index (κ1) is 116. The van der Waals surface area contributed by atoms with Crippen LogP contribution in [-0.4, -0.2) is 168 Å². The largest absolute Gasteiger partial charge is 1.00 e. The number of nitrogens with two attached hydrogens (primary N) is 1. The Hall–Kier alpha value is -10.1. The van der Waals surface area contributed by atoms with Crippen LogP contribution in [0.4, 0.5) is 0 Å². The molecular formula is C98H85Cl10I2LiN10O19S. The number of benzene rings is 11. The Morgan fingerprint density at radius 3 is 1.12 bits per heavy atom. The number of aliphatic hydroxyl groups is 4. The van der Waals surface area contributed by atoms with E-state index >= 15 is 0 Å². The second-order valence-electron chi connectivity index (χ2n) is 30.7. The van der Waals surface area contributed by atoms with E-state index in [1.165, 1.54) is 58.8 Å². The number of ether oxygens (including phenoxy) is 4. The fourth-order valence-electron chi connectivity index (χ4n) is 13.7. The zero-order chi connectivity index (χ0) is 101. The molecule has 0 saturated heterocycles. The Kier molecular flexibility index (Phi) is 45.4. The number of hydrogen-bond donors (Lipinski definition) is 12. The van der Waals surface area contributed by atoms with Gasteiger partial charge in [0, 0.05) is 43.4 Å². The third kappa shape index (κ3) is 32.9. The molecule has 6 atom stereocenters. The first-order valence-electron chi connectivity index (χ1n) is 41.4. The molecule has 15 rings (SSSR count). The van der Waals surface area contributed by atoms with Gasteiger partial charge >= 0.3 is 54.7 Å². The van der Waals surface area contributed by atoms with Crippen LogP contribution < -0.4 is 53.9 Å². The maximum atomic E-state index is 13.0. The van der Waals surface area contributed by atoms with Crippen LogP contribution in [0.2, 0.25) is 50.2 Å². The Labute approximate surface area is 900 Å². The number of aromatic carboxylic acids is 1. The van der Waals surface area contributed by atoms with Gasteiger partial charge in [0.15, 0.2) is 9.84 Å². The van der Waals surface area contributed by atoms with E-state index in [2.05, 4.69) is 99.5 Å². The van der Waals surface area contributed by atoms with Crippen molar-refractivity contribution in [2.24, 2.45) is 5.73 Å². The maximum Gasteiger partial charge on any atom is 1.00 e. The van der Waals surface area contributed by atoms with Crippen LogP contribution in [-0.2, 0) is 70.5 Å². The molecule has 0 aliphatic heterocycles. The number of nitrogens with zero attached hydrogens (tertiary/aromatic N) is 4. The second-order valence-corrected chi connectivity index (χ2v) is 38.0. The van der Waals surface area contributed by atoms with Crippen LogP contribution >= 0.6 is 139 Å². The minimum Gasteiger partial charge on any atom is -1.00 e. The summed E-state index contributed by atoms with van der Waals surface area (Å²) in [5.41, 5.74) is 16.4. The van der Waals surface area contributed by atoms with Crippen molar-refractivity contribution in [3.05, 3.63) is 350 Å². The number of amides is 1. The van der Waals surface area contributed by atoms with E-state index in [9.17, 15) is 67.5 Å². The summed E-state index contributed by atoms with van der Waals surface area (Å²) in [5.74, 6) is 0.190. The van der Waals surface area contributed by atoms with Crippen LogP contribution in [0.5, 0.6) is 0 Å². The van der Waals surface area contributed by atoms with Gasteiger partial charge in [-0.3, -0.25) is 30.0 Å². The molecule has 0 bridgehead atoms. The van der Waals surface area contributed by atoms with Gasteiger partial charge in [-0.2, -0.15) is 20.4 Å². The summed E-state index contributed by atoms with van der Waals surface area (Å²) in [4.78, 5) is 81.4. The molecule has 11 aromatic carbocycles. The number of aryl methyl sites for hydroxylation is 3. The van der Waals surface area contributed by atoms with Crippen molar-refractivity contribution in [3.8, 4) is 11.8 Å². The number of rotatable bonds is 26. The van der Waals surface area contributed by atoms with Crippen molar-refractivity contribution in [1.82, 2.24) is 46.1 Å². The number of carboxylic acids is 2. The van der Waals surface area contributed by atoms with E-state index in [0.717, 1.165) is 86.8 Å². The number of halogens is 12. The molecule has 0 aliphatic carbocycles. The predicted molar refractivity (Wildman–Crippen MR) is 544 cm³/mol. The van der Waals surface area contributed by atoms with Gasteiger partial charge in [-0.05, 0) is 215 Å². The van der Waals surface area contributed by atoms with Gasteiger partial charge < -0.3 is 84.6 Å². The first-order chi connectivity index (χ1) is 66.1. The molecule has 0 radical (unpaired) electrons. The van der Waals surface area contributed by atoms with E-state index in [-0.39, 0.29) is 128 Å². The number of aliphatic hydroxyl groups excluding tert-OH is 4. The molecule has 4 heterocycles. The minimum atomic E-state index is -3.48. The van der Waals surface area contributed by atoms with Gasteiger partial charge in [-0.15, -0.1) is 0 Å². The van der Waals surface area contributed by atoms with Crippen molar-refractivity contribution in [3.63, 3.8) is 0 Å². The summed E-state index contributed by atoms with van der Waals surface area (Å²) in [6, 6.07) is 51.7. The van der Waals surface area contributed by atoms with Crippen LogP contribution in [0.1, 0.15) is 151 Å². The fraction of sp³-hybridized carbons (Fsp3) is 0.194. The Bertz CT molecular complexity index is 7080. The molecule has 4 aromatic heterocycles. The summed E-state index contributed by atoms with van der Waals surface area (Å²) in [7, 11) is 1.66. The normalized spacial score (nSPS) is 12.1. The molecule has 141 heavy (non-hydrogen) atoms. The quantitative estimate of drug-likeness (QED) is 0.00787. The molecule has 732 valence electrons. The van der Waals surface area contributed by atoms with E-state index < -0.39 is 82.1 Å². The number of nitrogens with one attached hydrogen (secondary N) is 5. The molecule has 0 fully saturated rings. The molecule has 4 unspecified atom stereocenters. The molecule has 13 N–H and O–H groups in total. The van der Waals surface area contributed by atoms with Gasteiger partial charge in [0.1, 0.15) is 18.2 Å². The SMILES string of the molecule is COC(=O)[C@@H](N)Cc1ccccc1.COC(=O)c1c(Cl)cc(C#CC(O)c2ccc3cn[nH]c3c2)cc1Cl.COC(=O)c1c(Cl)cc(CCC(O)c2ccc3cn[nH]c3c2)cc1Cl.COC(=O)c1c(Cl)cc(I)cc1Cl.CS(=O)(=O)c1cccc(C[C@H](NC(=O)c2c(Cl)cc(CCC(O)c3ccc4cn[nH]c4c3)cc2Cl)C(=O)O)c1.O=C(O)c1c(Cl)cc(CCC(O)c2ccc3cn[nH]c3c2)cc1Cl.[I-].[Li+]. The number of carbonyl (C=O) groups excluding carboxylic acids is 5. The third-order valence-electron chi connectivity index (χ3n) is 20.9. The van der Waals surface area contributed by atoms with E-state index in [1.807, 2.05) is 91.0 Å². The number of aliphatic carboxylic acids is 1. The maximum absolute atomic E-state index is 13.0. The average molecular weight is 2350 g/mol. The number of fused-ring (bicyclic) bond motifs is 4. The smallest absolute Gasteiger partial charge is 1.00 e. The first-order valence-corrected chi connectivity index (χ1v) is 48.1. The van der Waals surface area contributed by atoms with Gasteiger partial charge in [0.25, 0.3) is 5.91 Å². The molecule has 43 heteroatoms. The molecular weight excluding hydrogens is 2270 g/mol. The van der Waals surface area contributed by atoms with Crippen molar-refractivity contribution in [2.45, 2.75) is 92.8 Å². The number of esters is 4. The fourth-order valence-corrected chi connectivity index (χ4v) is 18.8. The summed E-state index contributed by atoms with van der Waals surface area (Å²) in [6.07, 6.45) is 8.03. The number of aromatic nitrogens is 8. The van der Waals surface area contributed by atoms with Crippen molar-refractivity contribution < 1.29 is 134 Å². The number of carboxylic acid groups (broad SMARTS) is 2. The summed E-state index contributed by atoms with van der Waals surface area (Å²) < 4.78 is 42.9. The van der Waals surface area contributed by atoms with Crippen LogP contribution in [0, 0.1) is 15.4 Å². The minimum absolute atomic E-state index is 0. The molecule has 0 spiro atoms. The van der Waals surface area contributed by atoms with Crippen LogP contribution in [0.25, 0.3) is 43.6 Å². The number of sulfone groups is 1. The zero-order valence-corrected chi connectivity index (χ0v) is 87.8. The third-order valence-corrected chi connectivity index (χ3v) is 25.7. The molecule has 0 saturated carbocycles. The monoisotopic (exact) mass is 2350 g/mol. The molecule has 15 aromatic rings. The van der Waals surface area contributed by atoms with Crippen molar-refractivity contribution in [2.75, 3.05) is 34.7 Å². The van der Waals surface area contributed by atoms with Crippen LogP contribution in [0.15, 0.2) is 218 Å². The van der Waals surface area contributed by atoms with E-state index in [4.69, 9.17) is 127 Å². The van der Waals surface area contributed by atoms with E-state index in [1.54, 1.807) is 91.5 Å². The van der Waals surface area contributed by atoms with Crippen molar-refractivity contribution >= 4 is 234 Å². The standard InChI is InChI=1S/C27H25Cl2N3O6S.C18H16Cl2N2O3.C18H12Cl2N2O3.C17H14Cl2N2O3.C10H13NO2.C8H5Cl2IO2.HI.Li/c1-39(37,38)19-4-2-3-15(9-19)12-23(27(35)36)31-26(34)25-20(28)10-16(11-21(25)29)5-8-24(33)17-6-7-18-14-30-32-22(18)13-17;2*1-25-18(24)17-13(19)6-10(7-14(17)20)2-5-16(23)11-3-4-12-9-21-22-15(12)8-11;18-12-5-9(6-13(19)16(12)17(23)24)1-4-15(22)10-2-3-11-8-20-21-14(11)7-10;1-13-10(12)9(11)7-8-5-3-2-4-6-8;1-13-8(12)7-5(9)2-4(11)3-6(7)10;;/h2-4,6-7,9-11,13-14,23-24,33H,5,8,12H2,1H3,(H,30,32)(H,31,34)(H,35,36);3-4,6-9,16,23H,2,5H2,1H3,(H,21,22);3-4,6-9,16,23H,1H3,(H,21,22);2-3,5-8,15,22H,1,4H2,(H,20,21)(H,23,24);2-6,9H,7,11H2,1H3;2-3H,1H3;1H;/q;;;;;;;+1/p-1/t23-,24?;;;;9-;;;/m0...0.../s1. The average Bonchev–Trinajstić information content (AvgIpc) is 1.34. The van der Waals surface area contributed by atoms with Gasteiger partial charge in [0.2, 0.25) is 0 Å². The number of hydrogen-bond acceptors (Lipinski definition) is 22. The van der Waals surface area contributed by atoms with Gasteiger partial charge in [0.05, 0.1) is 177 Å². The summed E-state index contributed by atoms with van der Waals surface area (Å²) >= 11 is 62.8. The number of H-pyrrole nitrogens is 4. The van der Waals surface area contributed by atoms with Gasteiger partial charge in [-0.25, -0.2) is 32.4 Å². The van der Waals surface area contributed by atoms with Crippen molar-refractivity contribution in [1.29, 1.82) is 0 Å². The Balaban J connectivity index is 0.000000214. The predicted octanol–water partition coefficient (Wildman–Crippen LogP) is 14.8. The number of methoxy groups -OCH3 is 4. The number of carbonyl (C=O) groups is 7. The van der Waals surface area contributed by atoms with Crippen LogP contribution in [0.3, 0.4) is 0 Å². The molecule has 1 amide bonds. The summed E-state index contributed by atoms with van der Waals surface area (Å²) in [5, 5.41) is 95.6. The van der Waals surface area contributed by atoms with Gasteiger partial charge in [-0.1, -0.05) is 219 Å². The number of aromatic amines is 4. The molecule has 29 nitrogen and oxygen atoms in total. The summed E-state index contributed by atoms with van der Waals surface area (Å²) in [6.45, 7) is 0. The zero-order valence-electron chi connectivity index (χ0n) is 75.1. The topological polar surface area (TPSA) is 465 Å². The second kappa shape index (κ2) is 55.1. The molecule has 0 aliphatic rings. The van der Waals surface area contributed by atoms with E-state index in [0.29, 0.717) is 77.2 Å². The Morgan fingerprint density at radius 1 is 0.426 bits per heavy atom.